The molecule has 0 radical (unpaired) electrons. The first kappa shape index (κ1) is 16.9. The van der Waals surface area contributed by atoms with Gasteiger partial charge in [0.05, 0.1) is 11.2 Å². The van der Waals surface area contributed by atoms with Crippen molar-refractivity contribution in [3.05, 3.63) is 64.3 Å². The van der Waals surface area contributed by atoms with Crippen LogP contribution in [-0.4, -0.2) is 16.1 Å². The second-order valence-corrected chi connectivity index (χ2v) is 6.41. The zero-order chi connectivity index (χ0) is 18.0. The van der Waals surface area contributed by atoms with Gasteiger partial charge in [0.15, 0.2) is 5.69 Å². The van der Waals surface area contributed by atoms with Crippen LogP contribution in [0.2, 0.25) is 0 Å². The number of nitrogens with zero attached hydrogens (tertiary/aromatic N) is 2. The maximum atomic E-state index is 11.4. The van der Waals surface area contributed by atoms with Crippen molar-refractivity contribution in [1.82, 2.24) is 10.2 Å². The number of fused-ring (bicyclic) bond motifs is 1. The fraction of sp³-hybridized carbons (Fsp3) is 0.250. The molecule has 0 unspecified atom stereocenters. The summed E-state index contributed by atoms with van der Waals surface area (Å²) in [7, 11) is 0. The summed E-state index contributed by atoms with van der Waals surface area (Å²) < 4.78 is 0. The largest absolute Gasteiger partial charge is 0.396 e. The van der Waals surface area contributed by atoms with Crippen molar-refractivity contribution in [2.45, 2.75) is 33.1 Å². The lowest BCUT2D eigenvalue weighted by molar-refractivity contribution is 0.0996. The number of nitrogen functional groups attached to an aromatic ring is 1. The molecule has 1 aromatic heterocycles. The van der Waals surface area contributed by atoms with Gasteiger partial charge in [-0.15, -0.1) is 10.2 Å². The third kappa shape index (κ3) is 3.45. The minimum absolute atomic E-state index is 0.0276. The molecule has 25 heavy (non-hydrogen) atoms. The molecule has 0 aliphatic carbocycles. The summed E-state index contributed by atoms with van der Waals surface area (Å²) in [6, 6.07) is 12.4. The van der Waals surface area contributed by atoms with E-state index in [0.717, 1.165) is 35.7 Å². The van der Waals surface area contributed by atoms with Crippen LogP contribution in [0.4, 0.5) is 5.69 Å². The maximum absolute atomic E-state index is 11.4. The van der Waals surface area contributed by atoms with Crippen molar-refractivity contribution in [1.29, 1.82) is 0 Å². The molecule has 0 atom stereocenters. The van der Waals surface area contributed by atoms with Crippen molar-refractivity contribution in [2.24, 2.45) is 5.73 Å². The molecule has 3 rings (SSSR count). The average Bonchev–Trinajstić information content (AvgIpc) is 2.58. The number of amides is 1. The lowest BCUT2D eigenvalue weighted by atomic mass is 9.99. The Balaban J connectivity index is 1.80. The van der Waals surface area contributed by atoms with Crippen LogP contribution >= 0.6 is 0 Å². The molecule has 5 heteroatoms. The van der Waals surface area contributed by atoms with Gasteiger partial charge in [0.25, 0.3) is 5.91 Å². The molecular formula is C20H22N4O. The number of carbonyl (C=O) groups is 1. The van der Waals surface area contributed by atoms with E-state index in [1.807, 2.05) is 18.2 Å². The number of aryl methyl sites for hydroxylation is 4. The van der Waals surface area contributed by atoms with E-state index in [9.17, 15) is 4.79 Å². The molecule has 0 saturated carbocycles. The molecule has 1 heterocycles. The van der Waals surface area contributed by atoms with E-state index in [1.54, 1.807) is 0 Å². The van der Waals surface area contributed by atoms with Crippen LogP contribution in [-0.2, 0) is 12.8 Å². The molecule has 0 fully saturated rings. The smallest absolute Gasteiger partial charge is 0.271 e. The van der Waals surface area contributed by atoms with Gasteiger partial charge in [0.1, 0.15) is 0 Å². The minimum Gasteiger partial charge on any atom is -0.396 e. The molecule has 4 N–H and O–H groups in total. The van der Waals surface area contributed by atoms with Crippen LogP contribution in [0.1, 0.15) is 39.2 Å². The molecule has 0 aliphatic heterocycles. The quantitative estimate of drug-likeness (QED) is 0.749. The molecule has 2 aromatic carbocycles. The van der Waals surface area contributed by atoms with E-state index in [4.69, 9.17) is 11.5 Å². The van der Waals surface area contributed by atoms with Gasteiger partial charge >= 0.3 is 0 Å². The summed E-state index contributed by atoms with van der Waals surface area (Å²) in [6.45, 7) is 4.26. The van der Waals surface area contributed by atoms with Gasteiger partial charge in [0, 0.05) is 5.39 Å². The standard InChI is InChI=1S/C20H22N4O/c1-12-9-10-14(11-13(12)2)5-3-6-15-7-4-8-16-17(21)19(20(22)25)24-23-18(15)16/h4,7-11H,3,5-6H2,1-2H3,(H2,21,23)(H2,22,25). The molecule has 0 bridgehead atoms. The van der Waals surface area contributed by atoms with Crippen LogP contribution in [0.3, 0.4) is 0 Å². The highest BCUT2D eigenvalue weighted by Gasteiger charge is 2.14. The van der Waals surface area contributed by atoms with E-state index < -0.39 is 5.91 Å². The number of anilines is 1. The summed E-state index contributed by atoms with van der Waals surface area (Å²) >= 11 is 0. The van der Waals surface area contributed by atoms with E-state index in [2.05, 4.69) is 42.2 Å². The monoisotopic (exact) mass is 334 g/mol. The van der Waals surface area contributed by atoms with E-state index in [0.29, 0.717) is 5.69 Å². The summed E-state index contributed by atoms with van der Waals surface area (Å²) in [5.74, 6) is -0.660. The number of hydrogen-bond acceptors (Lipinski definition) is 4. The minimum atomic E-state index is -0.660. The fourth-order valence-corrected chi connectivity index (χ4v) is 3.03. The topological polar surface area (TPSA) is 94.9 Å². The molecule has 0 spiro atoms. The number of rotatable bonds is 5. The number of nitrogens with two attached hydrogens (primary N) is 2. The number of benzene rings is 2. The van der Waals surface area contributed by atoms with Crippen molar-refractivity contribution >= 4 is 22.5 Å². The van der Waals surface area contributed by atoms with Gasteiger partial charge in [-0.25, -0.2) is 0 Å². The second-order valence-electron chi connectivity index (χ2n) is 6.41. The van der Waals surface area contributed by atoms with Crippen LogP contribution in [0.25, 0.3) is 10.9 Å². The Labute approximate surface area is 147 Å². The predicted molar refractivity (Wildman–Crippen MR) is 100 cm³/mol. The van der Waals surface area contributed by atoms with Crippen LogP contribution in [0, 0.1) is 13.8 Å². The van der Waals surface area contributed by atoms with E-state index in [-0.39, 0.29) is 5.69 Å². The maximum Gasteiger partial charge on any atom is 0.271 e. The van der Waals surface area contributed by atoms with Crippen molar-refractivity contribution < 1.29 is 4.79 Å². The molecule has 5 nitrogen and oxygen atoms in total. The van der Waals surface area contributed by atoms with Crippen molar-refractivity contribution in [3.8, 4) is 0 Å². The number of primary amides is 1. The third-order valence-corrected chi connectivity index (χ3v) is 4.63. The van der Waals surface area contributed by atoms with Crippen molar-refractivity contribution in [2.75, 3.05) is 5.73 Å². The fourth-order valence-electron chi connectivity index (χ4n) is 3.03. The van der Waals surface area contributed by atoms with Crippen LogP contribution in [0.15, 0.2) is 36.4 Å². The lowest BCUT2D eigenvalue weighted by Crippen LogP contribution is -2.17. The highest BCUT2D eigenvalue weighted by Crippen LogP contribution is 2.25. The third-order valence-electron chi connectivity index (χ3n) is 4.63. The Bertz CT molecular complexity index is 950. The zero-order valence-corrected chi connectivity index (χ0v) is 14.5. The molecule has 128 valence electrons. The summed E-state index contributed by atoms with van der Waals surface area (Å²) in [5, 5.41) is 8.82. The van der Waals surface area contributed by atoms with Gasteiger partial charge < -0.3 is 11.5 Å². The number of hydrogen-bond donors (Lipinski definition) is 2. The van der Waals surface area contributed by atoms with Crippen LogP contribution in [0.5, 0.6) is 0 Å². The summed E-state index contributed by atoms with van der Waals surface area (Å²) in [4.78, 5) is 11.4. The summed E-state index contributed by atoms with van der Waals surface area (Å²) in [6.07, 6.45) is 2.87. The normalized spacial score (nSPS) is 11.0. The first-order valence-electron chi connectivity index (χ1n) is 8.37. The first-order valence-corrected chi connectivity index (χ1v) is 8.37. The van der Waals surface area contributed by atoms with Gasteiger partial charge in [-0.2, -0.15) is 0 Å². The Morgan fingerprint density at radius 3 is 2.56 bits per heavy atom. The predicted octanol–water partition coefficient (Wildman–Crippen LogP) is 3.10. The number of carbonyl (C=O) groups excluding carboxylic acids is 1. The zero-order valence-electron chi connectivity index (χ0n) is 14.5. The van der Waals surface area contributed by atoms with E-state index in [1.165, 1.54) is 16.7 Å². The van der Waals surface area contributed by atoms with Gasteiger partial charge in [0.2, 0.25) is 0 Å². The highest BCUT2D eigenvalue weighted by molar-refractivity contribution is 6.04. The Morgan fingerprint density at radius 1 is 1.04 bits per heavy atom. The van der Waals surface area contributed by atoms with Crippen LogP contribution < -0.4 is 11.5 Å². The average molecular weight is 334 g/mol. The Kier molecular flexibility index (Phi) is 4.65. The molecule has 3 aromatic rings. The SMILES string of the molecule is Cc1ccc(CCCc2cccc3c(N)c(C(N)=O)nnc23)cc1C. The molecule has 0 aliphatic rings. The first-order chi connectivity index (χ1) is 12.0. The second kappa shape index (κ2) is 6.89. The molecule has 1 amide bonds. The number of aromatic nitrogens is 2. The molecule has 0 saturated heterocycles. The lowest BCUT2D eigenvalue weighted by Gasteiger charge is -2.09. The Morgan fingerprint density at radius 2 is 1.84 bits per heavy atom. The summed E-state index contributed by atoms with van der Waals surface area (Å²) in [5.41, 5.74) is 17.4. The van der Waals surface area contributed by atoms with Crippen molar-refractivity contribution in [3.63, 3.8) is 0 Å². The van der Waals surface area contributed by atoms with Gasteiger partial charge in [-0.05, 0) is 55.4 Å². The van der Waals surface area contributed by atoms with E-state index >= 15 is 0 Å². The highest BCUT2D eigenvalue weighted by atomic mass is 16.1. The van der Waals surface area contributed by atoms with Gasteiger partial charge in [-0.1, -0.05) is 36.4 Å². The molecular weight excluding hydrogens is 312 g/mol. The Hall–Kier alpha value is -2.95. The van der Waals surface area contributed by atoms with Gasteiger partial charge in [-0.3, -0.25) is 4.79 Å².